The molecule has 0 radical (unpaired) electrons. The number of methoxy groups -OCH3 is 1. The number of aliphatic hydroxyl groups excluding tert-OH is 1. The van der Waals surface area contributed by atoms with Gasteiger partial charge in [-0.25, -0.2) is 0 Å². The highest BCUT2D eigenvalue weighted by Gasteiger charge is 1.99. The molecule has 0 fully saturated rings. The topological polar surface area (TPSA) is 67.5 Å². The van der Waals surface area contributed by atoms with E-state index >= 15 is 0 Å². The molecule has 0 aliphatic carbocycles. The van der Waals surface area contributed by atoms with Crippen molar-refractivity contribution in [1.29, 1.82) is 0 Å². The zero-order valence-corrected chi connectivity index (χ0v) is 11.0. The molecule has 0 aliphatic heterocycles. The molecular weight excluding hydrogens is 240 g/mol. The fourth-order valence-corrected chi connectivity index (χ4v) is 1.43. The summed E-state index contributed by atoms with van der Waals surface area (Å²) < 4.78 is 5.00. The molecular formula is C15H20N2O2. The first-order valence-electron chi connectivity index (χ1n) is 6.06. The number of benzene rings is 2. The summed E-state index contributed by atoms with van der Waals surface area (Å²) in [7, 11) is 1.58. The van der Waals surface area contributed by atoms with E-state index in [0.29, 0.717) is 18.0 Å². The number of nitrogens with one attached hydrogen (secondary N) is 1. The molecule has 0 saturated carbocycles. The van der Waals surface area contributed by atoms with Gasteiger partial charge in [0.25, 0.3) is 0 Å². The minimum absolute atomic E-state index is 0.103. The van der Waals surface area contributed by atoms with Gasteiger partial charge in [0.05, 0.1) is 19.4 Å². The van der Waals surface area contributed by atoms with E-state index in [2.05, 4.69) is 5.32 Å². The van der Waals surface area contributed by atoms with Gasteiger partial charge in [-0.1, -0.05) is 36.4 Å². The lowest BCUT2D eigenvalue weighted by molar-refractivity contribution is 0.311. The second-order valence-electron chi connectivity index (χ2n) is 3.76. The van der Waals surface area contributed by atoms with Gasteiger partial charge in [0.15, 0.2) is 0 Å². The summed E-state index contributed by atoms with van der Waals surface area (Å²) in [5, 5.41) is 11.6. The highest BCUT2D eigenvalue weighted by Crippen LogP contribution is 2.24. The smallest absolute Gasteiger partial charge is 0.141 e. The highest BCUT2D eigenvalue weighted by molar-refractivity contribution is 5.62. The molecule has 102 valence electrons. The molecule has 0 bridgehead atoms. The molecule has 0 aromatic heterocycles. The normalized spacial score (nSPS) is 9.16. The summed E-state index contributed by atoms with van der Waals surface area (Å²) in [6.45, 7) is 0.623. The zero-order valence-electron chi connectivity index (χ0n) is 11.0. The van der Waals surface area contributed by atoms with Crippen LogP contribution in [0, 0.1) is 0 Å². The number of nitrogens with two attached hydrogens (primary N) is 1. The lowest BCUT2D eigenvalue weighted by atomic mass is 10.2. The maximum Gasteiger partial charge on any atom is 0.141 e. The van der Waals surface area contributed by atoms with Gasteiger partial charge in [-0.3, -0.25) is 0 Å². The molecule has 4 nitrogen and oxygen atoms in total. The minimum Gasteiger partial charge on any atom is -0.495 e. The predicted molar refractivity (Wildman–Crippen MR) is 79.4 cm³/mol. The number of nitrogen functional groups attached to an aromatic ring is 1. The van der Waals surface area contributed by atoms with Crippen LogP contribution in [0.15, 0.2) is 54.6 Å². The van der Waals surface area contributed by atoms with Crippen LogP contribution in [-0.2, 0) is 0 Å². The van der Waals surface area contributed by atoms with Gasteiger partial charge in [-0.2, -0.15) is 0 Å². The van der Waals surface area contributed by atoms with Crippen molar-refractivity contribution in [1.82, 2.24) is 0 Å². The first kappa shape index (κ1) is 14.9. The number of anilines is 2. The third-order valence-electron chi connectivity index (χ3n) is 2.34. The number of hydrogen-bond acceptors (Lipinski definition) is 4. The summed E-state index contributed by atoms with van der Waals surface area (Å²) in [6, 6.07) is 17.4. The Balaban J connectivity index is 0.000000250. The van der Waals surface area contributed by atoms with Gasteiger partial charge >= 0.3 is 0 Å². The van der Waals surface area contributed by atoms with Gasteiger partial charge in [-0.05, 0) is 18.2 Å². The third-order valence-corrected chi connectivity index (χ3v) is 2.34. The van der Waals surface area contributed by atoms with Crippen LogP contribution < -0.4 is 15.8 Å². The minimum atomic E-state index is 0.103. The molecule has 2 rings (SSSR count). The SMILES string of the molecule is COc1ccc(NCCO)cc1N.c1ccccc1. The molecule has 0 spiro atoms. The quantitative estimate of drug-likeness (QED) is 0.738. The van der Waals surface area contributed by atoms with Crippen molar-refractivity contribution < 1.29 is 9.84 Å². The first-order chi connectivity index (χ1) is 9.27. The van der Waals surface area contributed by atoms with Crippen molar-refractivity contribution in [3.8, 4) is 5.75 Å². The molecule has 4 N–H and O–H groups in total. The molecule has 0 aliphatic rings. The van der Waals surface area contributed by atoms with Crippen LogP contribution in [-0.4, -0.2) is 25.4 Å². The molecule has 19 heavy (non-hydrogen) atoms. The number of hydrogen-bond donors (Lipinski definition) is 3. The summed E-state index contributed by atoms with van der Waals surface area (Å²) in [4.78, 5) is 0. The van der Waals surface area contributed by atoms with Gasteiger partial charge < -0.3 is 20.9 Å². The van der Waals surface area contributed by atoms with Crippen LogP contribution in [0.2, 0.25) is 0 Å². The highest BCUT2D eigenvalue weighted by atomic mass is 16.5. The van der Waals surface area contributed by atoms with E-state index in [1.54, 1.807) is 19.2 Å². The van der Waals surface area contributed by atoms with Crippen molar-refractivity contribution in [2.75, 3.05) is 31.3 Å². The largest absolute Gasteiger partial charge is 0.495 e. The fourth-order valence-electron chi connectivity index (χ4n) is 1.43. The second-order valence-corrected chi connectivity index (χ2v) is 3.76. The maximum atomic E-state index is 8.58. The van der Waals surface area contributed by atoms with Gasteiger partial charge in [0, 0.05) is 12.2 Å². The molecule has 4 heteroatoms. The lowest BCUT2D eigenvalue weighted by Crippen LogP contribution is -2.05. The average molecular weight is 260 g/mol. The van der Waals surface area contributed by atoms with Gasteiger partial charge in [0.2, 0.25) is 0 Å². The zero-order chi connectivity index (χ0) is 13.9. The molecule has 0 saturated heterocycles. The Kier molecular flexibility index (Phi) is 6.90. The van der Waals surface area contributed by atoms with Crippen molar-refractivity contribution in [3.05, 3.63) is 54.6 Å². The monoisotopic (exact) mass is 260 g/mol. The van der Waals surface area contributed by atoms with E-state index in [4.69, 9.17) is 15.6 Å². The van der Waals surface area contributed by atoms with Crippen molar-refractivity contribution >= 4 is 11.4 Å². The summed E-state index contributed by atoms with van der Waals surface area (Å²) in [5.41, 5.74) is 7.15. The van der Waals surface area contributed by atoms with E-state index in [0.717, 1.165) is 5.69 Å². The number of ether oxygens (including phenoxy) is 1. The van der Waals surface area contributed by atoms with E-state index in [9.17, 15) is 0 Å². The Morgan fingerprint density at radius 3 is 2.11 bits per heavy atom. The molecule has 0 atom stereocenters. The average Bonchev–Trinajstić information content (AvgIpc) is 2.48. The fraction of sp³-hybridized carbons (Fsp3) is 0.200. The van der Waals surface area contributed by atoms with Crippen LogP contribution in [0.4, 0.5) is 11.4 Å². The Morgan fingerprint density at radius 2 is 1.68 bits per heavy atom. The van der Waals surface area contributed by atoms with Crippen molar-refractivity contribution in [2.24, 2.45) is 0 Å². The van der Waals surface area contributed by atoms with Crippen LogP contribution in [0.5, 0.6) is 5.75 Å². The third kappa shape index (κ3) is 5.79. The summed E-state index contributed by atoms with van der Waals surface area (Å²) in [6.07, 6.45) is 0. The van der Waals surface area contributed by atoms with E-state index in [-0.39, 0.29) is 6.61 Å². The van der Waals surface area contributed by atoms with E-state index in [1.807, 2.05) is 42.5 Å². The van der Waals surface area contributed by atoms with Gasteiger partial charge in [0.1, 0.15) is 5.75 Å². The summed E-state index contributed by atoms with van der Waals surface area (Å²) >= 11 is 0. The van der Waals surface area contributed by atoms with Crippen LogP contribution in [0.1, 0.15) is 0 Å². The van der Waals surface area contributed by atoms with Gasteiger partial charge in [-0.15, -0.1) is 0 Å². The first-order valence-corrected chi connectivity index (χ1v) is 6.06. The lowest BCUT2D eigenvalue weighted by Gasteiger charge is -2.08. The predicted octanol–water partition coefficient (Wildman–Crippen LogP) is 2.37. The molecule has 0 unspecified atom stereocenters. The second kappa shape index (κ2) is 8.83. The van der Waals surface area contributed by atoms with E-state index in [1.165, 1.54) is 0 Å². The Bertz CT molecular complexity index is 434. The standard InChI is InChI=1S/C9H14N2O2.C6H6/c1-13-9-3-2-7(6-8(9)10)11-4-5-12;1-2-4-6-5-3-1/h2-3,6,11-12H,4-5,10H2,1H3;1-6H. The Morgan fingerprint density at radius 1 is 1.11 bits per heavy atom. The number of aliphatic hydroxyl groups is 1. The molecule has 0 heterocycles. The van der Waals surface area contributed by atoms with Crippen LogP contribution >= 0.6 is 0 Å². The molecule has 2 aromatic carbocycles. The Hall–Kier alpha value is -2.20. The van der Waals surface area contributed by atoms with Crippen molar-refractivity contribution in [3.63, 3.8) is 0 Å². The van der Waals surface area contributed by atoms with Crippen LogP contribution in [0.3, 0.4) is 0 Å². The number of rotatable bonds is 4. The van der Waals surface area contributed by atoms with Crippen molar-refractivity contribution in [2.45, 2.75) is 0 Å². The summed E-state index contributed by atoms with van der Waals surface area (Å²) in [5.74, 6) is 0.662. The Labute approximate surface area is 113 Å². The maximum absolute atomic E-state index is 8.58. The van der Waals surface area contributed by atoms with E-state index < -0.39 is 0 Å². The molecule has 2 aromatic rings. The molecule has 0 amide bonds. The van der Waals surface area contributed by atoms with Crippen LogP contribution in [0.25, 0.3) is 0 Å².